The normalized spacial score (nSPS) is 10.1. The van der Waals surface area contributed by atoms with Gasteiger partial charge in [0.1, 0.15) is 0 Å². The number of carbonyl (C=O) groups excluding carboxylic acids is 2. The number of nitrogens with one attached hydrogen (secondary N) is 2. The molecule has 6 nitrogen and oxygen atoms in total. The number of carbonyl (C=O) groups is 2. The van der Waals surface area contributed by atoms with Crippen molar-refractivity contribution in [3.63, 3.8) is 0 Å². The molecule has 6 heteroatoms. The second-order valence-electron chi connectivity index (χ2n) is 6.02. The Balaban J connectivity index is 1.40. The van der Waals surface area contributed by atoms with Gasteiger partial charge in [0.05, 0.1) is 13.2 Å². The quantitative estimate of drug-likeness (QED) is 0.546. The molecule has 2 aromatic carbocycles. The Morgan fingerprint density at radius 2 is 0.963 bits per heavy atom. The second-order valence-corrected chi connectivity index (χ2v) is 6.02. The van der Waals surface area contributed by atoms with Crippen molar-refractivity contribution >= 4 is 23.6 Å². The molecule has 0 saturated carbocycles. The van der Waals surface area contributed by atoms with Crippen LogP contribution in [0.5, 0.6) is 0 Å². The van der Waals surface area contributed by atoms with Gasteiger partial charge < -0.3 is 9.47 Å². The molecule has 27 heavy (non-hydrogen) atoms. The zero-order valence-corrected chi connectivity index (χ0v) is 15.4. The van der Waals surface area contributed by atoms with Crippen molar-refractivity contribution < 1.29 is 19.1 Å². The number of hydrogen-bond acceptors (Lipinski definition) is 4. The van der Waals surface area contributed by atoms with Gasteiger partial charge in [-0.3, -0.25) is 10.6 Å². The van der Waals surface area contributed by atoms with Crippen molar-refractivity contribution in [1.82, 2.24) is 0 Å². The molecular formula is C21H26N2O4. The van der Waals surface area contributed by atoms with Gasteiger partial charge in [0.2, 0.25) is 0 Å². The summed E-state index contributed by atoms with van der Waals surface area (Å²) in [5.41, 5.74) is 1.44. The molecule has 0 aliphatic rings. The van der Waals surface area contributed by atoms with E-state index >= 15 is 0 Å². The van der Waals surface area contributed by atoms with E-state index in [2.05, 4.69) is 10.6 Å². The smallest absolute Gasteiger partial charge is 0.411 e. The van der Waals surface area contributed by atoms with Gasteiger partial charge in [-0.05, 0) is 37.1 Å². The third-order valence-electron chi connectivity index (χ3n) is 3.80. The first-order valence-electron chi connectivity index (χ1n) is 9.22. The number of para-hydroxylation sites is 2. The van der Waals surface area contributed by atoms with Crippen molar-refractivity contribution in [2.45, 2.75) is 32.1 Å². The topological polar surface area (TPSA) is 76.7 Å². The minimum absolute atomic E-state index is 0.397. The second kappa shape index (κ2) is 12.4. The molecule has 0 aliphatic carbocycles. The highest BCUT2D eigenvalue weighted by atomic mass is 16.6. The van der Waals surface area contributed by atoms with Crippen molar-refractivity contribution in [3.05, 3.63) is 60.7 Å². The Morgan fingerprint density at radius 1 is 0.593 bits per heavy atom. The molecular weight excluding hydrogens is 344 g/mol. The van der Waals surface area contributed by atoms with Crippen LogP contribution in [0.15, 0.2) is 60.7 Å². The lowest BCUT2D eigenvalue weighted by Gasteiger charge is -2.07. The molecule has 0 bridgehead atoms. The first-order valence-corrected chi connectivity index (χ1v) is 9.22. The Hall–Kier alpha value is -3.02. The number of rotatable bonds is 10. The summed E-state index contributed by atoms with van der Waals surface area (Å²) in [6.07, 6.45) is 3.71. The van der Waals surface area contributed by atoms with Crippen LogP contribution in [0.2, 0.25) is 0 Å². The van der Waals surface area contributed by atoms with Crippen molar-refractivity contribution in [2.75, 3.05) is 23.8 Å². The van der Waals surface area contributed by atoms with Gasteiger partial charge in [-0.2, -0.15) is 0 Å². The summed E-state index contributed by atoms with van der Waals surface area (Å²) >= 11 is 0. The van der Waals surface area contributed by atoms with Gasteiger partial charge in [-0.25, -0.2) is 9.59 Å². The highest BCUT2D eigenvalue weighted by Crippen LogP contribution is 2.08. The third-order valence-corrected chi connectivity index (χ3v) is 3.80. The van der Waals surface area contributed by atoms with Gasteiger partial charge in [-0.1, -0.05) is 55.7 Å². The Labute approximate surface area is 159 Å². The summed E-state index contributed by atoms with van der Waals surface area (Å²) in [6.45, 7) is 0.795. The van der Waals surface area contributed by atoms with Crippen LogP contribution in [0.25, 0.3) is 0 Å². The molecule has 0 radical (unpaired) electrons. The van der Waals surface area contributed by atoms with Gasteiger partial charge >= 0.3 is 12.2 Å². The van der Waals surface area contributed by atoms with E-state index in [0.717, 1.165) is 43.5 Å². The molecule has 0 fully saturated rings. The van der Waals surface area contributed by atoms with E-state index < -0.39 is 12.2 Å². The lowest BCUT2D eigenvalue weighted by atomic mass is 10.1. The Morgan fingerprint density at radius 3 is 1.37 bits per heavy atom. The summed E-state index contributed by atoms with van der Waals surface area (Å²) in [7, 11) is 0. The van der Waals surface area contributed by atoms with E-state index in [0.29, 0.717) is 13.2 Å². The number of ether oxygens (including phenoxy) is 2. The maximum absolute atomic E-state index is 11.6. The molecule has 2 amide bonds. The molecule has 2 aromatic rings. The van der Waals surface area contributed by atoms with Crippen LogP contribution >= 0.6 is 0 Å². The standard InChI is InChI=1S/C21H26N2O4/c24-20(22-18-12-6-4-7-13-18)26-16-10-2-1-3-11-17-27-21(25)23-19-14-8-5-9-15-19/h4-9,12-15H,1-3,10-11,16-17H2,(H,22,24)(H,23,25). The average Bonchev–Trinajstić information content (AvgIpc) is 2.68. The molecule has 0 saturated heterocycles. The first kappa shape index (κ1) is 20.3. The Kier molecular flexibility index (Phi) is 9.28. The summed E-state index contributed by atoms with van der Waals surface area (Å²) < 4.78 is 10.3. The van der Waals surface area contributed by atoms with E-state index in [1.54, 1.807) is 0 Å². The Bertz CT molecular complexity index is 618. The zero-order chi connectivity index (χ0) is 19.2. The number of amides is 2. The fraction of sp³-hybridized carbons (Fsp3) is 0.333. The molecule has 0 aliphatic heterocycles. The molecule has 0 heterocycles. The number of anilines is 2. The van der Waals surface area contributed by atoms with E-state index in [1.165, 1.54) is 0 Å². The minimum Gasteiger partial charge on any atom is -0.449 e. The molecule has 0 unspecified atom stereocenters. The lowest BCUT2D eigenvalue weighted by molar-refractivity contribution is 0.157. The predicted octanol–water partition coefficient (Wildman–Crippen LogP) is 5.43. The summed E-state index contributed by atoms with van der Waals surface area (Å²) in [4.78, 5) is 23.2. The van der Waals surface area contributed by atoms with Crippen LogP contribution in [0.4, 0.5) is 21.0 Å². The number of benzene rings is 2. The fourth-order valence-corrected chi connectivity index (χ4v) is 2.42. The van der Waals surface area contributed by atoms with E-state index in [-0.39, 0.29) is 0 Å². The first-order chi connectivity index (χ1) is 13.2. The summed E-state index contributed by atoms with van der Waals surface area (Å²) in [5, 5.41) is 5.35. The van der Waals surface area contributed by atoms with Crippen molar-refractivity contribution in [2.24, 2.45) is 0 Å². The van der Waals surface area contributed by atoms with Crippen LogP contribution < -0.4 is 10.6 Å². The van der Waals surface area contributed by atoms with Crippen molar-refractivity contribution in [1.29, 1.82) is 0 Å². The van der Waals surface area contributed by atoms with E-state index in [4.69, 9.17) is 9.47 Å². The summed E-state index contributed by atoms with van der Waals surface area (Å²) in [6, 6.07) is 18.4. The molecule has 0 spiro atoms. The molecule has 144 valence electrons. The average molecular weight is 370 g/mol. The van der Waals surface area contributed by atoms with Crippen molar-refractivity contribution in [3.8, 4) is 0 Å². The van der Waals surface area contributed by atoms with Crippen LogP contribution in [0.3, 0.4) is 0 Å². The highest BCUT2D eigenvalue weighted by molar-refractivity contribution is 5.84. The lowest BCUT2D eigenvalue weighted by Crippen LogP contribution is -2.14. The van der Waals surface area contributed by atoms with Crippen LogP contribution in [0.1, 0.15) is 32.1 Å². The van der Waals surface area contributed by atoms with Gasteiger partial charge in [0, 0.05) is 11.4 Å². The highest BCUT2D eigenvalue weighted by Gasteiger charge is 2.03. The van der Waals surface area contributed by atoms with Gasteiger partial charge in [0.25, 0.3) is 0 Å². The maximum atomic E-state index is 11.6. The predicted molar refractivity (Wildman–Crippen MR) is 106 cm³/mol. The molecule has 0 atom stereocenters. The molecule has 2 N–H and O–H groups in total. The number of hydrogen-bond donors (Lipinski definition) is 2. The van der Waals surface area contributed by atoms with Gasteiger partial charge in [0.15, 0.2) is 0 Å². The minimum atomic E-state index is -0.431. The van der Waals surface area contributed by atoms with E-state index in [9.17, 15) is 9.59 Å². The van der Waals surface area contributed by atoms with Gasteiger partial charge in [-0.15, -0.1) is 0 Å². The van der Waals surface area contributed by atoms with Crippen LogP contribution in [-0.2, 0) is 9.47 Å². The monoisotopic (exact) mass is 370 g/mol. The zero-order valence-electron chi connectivity index (χ0n) is 15.4. The van der Waals surface area contributed by atoms with Crippen LogP contribution in [0, 0.1) is 0 Å². The van der Waals surface area contributed by atoms with Crippen LogP contribution in [-0.4, -0.2) is 25.4 Å². The fourth-order valence-electron chi connectivity index (χ4n) is 2.42. The summed E-state index contributed by atoms with van der Waals surface area (Å²) in [5.74, 6) is 0. The van der Waals surface area contributed by atoms with E-state index in [1.807, 2.05) is 60.7 Å². The molecule has 2 rings (SSSR count). The third kappa shape index (κ3) is 9.30. The SMILES string of the molecule is O=C(Nc1ccccc1)OCCCCCCCOC(=O)Nc1ccccc1. The maximum Gasteiger partial charge on any atom is 0.411 e. The largest absolute Gasteiger partial charge is 0.449 e. The molecule has 0 aromatic heterocycles. The number of unbranched alkanes of at least 4 members (excludes halogenated alkanes) is 4.